The molecular formula is C27H34N4O6. The number of ether oxygens (including phenoxy) is 3. The van der Waals surface area contributed by atoms with Gasteiger partial charge in [0.05, 0.1) is 13.1 Å². The van der Waals surface area contributed by atoms with Crippen molar-refractivity contribution in [2.75, 3.05) is 49.1 Å². The number of hydrogen-bond donors (Lipinski definition) is 1. The minimum atomic E-state index is -0.595. The highest BCUT2D eigenvalue weighted by Gasteiger charge is 2.33. The van der Waals surface area contributed by atoms with Crippen molar-refractivity contribution in [2.24, 2.45) is 0 Å². The fourth-order valence-corrected chi connectivity index (χ4v) is 4.15. The molecule has 0 bridgehead atoms. The molecule has 10 nitrogen and oxygen atoms in total. The number of anilines is 2. The van der Waals surface area contributed by atoms with Gasteiger partial charge in [0, 0.05) is 37.6 Å². The Morgan fingerprint density at radius 3 is 2.27 bits per heavy atom. The number of nitrogens with one attached hydrogen (secondary N) is 1. The zero-order valence-electron chi connectivity index (χ0n) is 21.5. The monoisotopic (exact) mass is 510 g/mol. The summed E-state index contributed by atoms with van der Waals surface area (Å²) in [5.41, 5.74) is 2.10. The van der Waals surface area contributed by atoms with E-state index in [9.17, 15) is 14.4 Å². The maximum atomic E-state index is 12.4. The number of carbonyl (C=O) groups excluding carboxylic acids is 3. The van der Waals surface area contributed by atoms with Gasteiger partial charge in [-0.15, -0.1) is 0 Å². The van der Waals surface area contributed by atoms with E-state index in [4.69, 9.17) is 14.2 Å². The van der Waals surface area contributed by atoms with Gasteiger partial charge in [-0.1, -0.05) is 30.3 Å². The minimum Gasteiger partial charge on any atom is -0.445 e. The lowest BCUT2D eigenvalue weighted by molar-refractivity contribution is 0.0496. The predicted octanol–water partition coefficient (Wildman–Crippen LogP) is 4.00. The lowest BCUT2D eigenvalue weighted by atomic mass is 10.2. The molecule has 1 N–H and O–H groups in total. The molecule has 2 aromatic carbocycles. The summed E-state index contributed by atoms with van der Waals surface area (Å²) >= 11 is 0. The van der Waals surface area contributed by atoms with Crippen molar-refractivity contribution in [3.05, 3.63) is 60.2 Å². The molecule has 4 rings (SSSR count). The maximum absolute atomic E-state index is 12.4. The van der Waals surface area contributed by atoms with Gasteiger partial charge in [0.1, 0.15) is 18.3 Å². The van der Waals surface area contributed by atoms with Gasteiger partial charge in [-0.2, -0.15) is 0 Å². The molecule has 0 saturated carbocycles. The number of piperazine rings is 1. The van der Waals surface area contributed by atoms with Crippen LogP contribution < -0.4 is 15.1 Å². The van der Waals surface area contributed by atoms with Crippen molar-refractivity contribution >= 4 is 29.7 Å². The van der Waals surface area contributed by atoms with Crippen molar-refractivity contribution in [3.63, 3.8) is 0 Å². The second kappa shape index (κ2) is 11.4. The smallest absolute Gasteiger partial charge is 0.414 e. The van der Waals surface area contributed by atoms with Gasteiger partial charge in [-0.05, 0) is 50.6 Å². The minimum absolute atomic E-state index is 0.174. The van der Waals surface area contributed by atoms with E-state index < -0.39 is 23.9 Å². The summed E-state index contributed by atoms with van der Waals surface area (Å²) in [6, 6.07) is 17.3. The molecule has 2 aliphatic heterocycles. The second-order valence-corrected chi connectivity index (χ2v) is 10.0. The summed E-state index contributed by atoms with van der Waals surface area (Å²) in [4.78, 5) is 42.1. The Morgan fingerprint density at radius 2 is 1.62 bits per heavy atom. The van der Waals surface area contributed by atoms with Crippen LogP contribution in [0.5, 0.6) is 0 Å². The van der Waals surface area contributed by atoms with Gasteiger partial charge in [-0.3, -0.25) is 4.90 Å². The first kappa shape index (κ1) is 26.1. The summed E-state index contributed by atoms with van der Waals surface area (Å²) < 4.78 is 16.1. The molecule has 0 aromatic heterocycles. The molecule has 2 aliphatic rings. The topological polar surface area (TPSA) is 101 Å². The van der Waals surface area contributed by atoms with Crippen molar-refractivity contribution in [3.8, 4) is 0 Å². The zero-order valence-corrected chi connectivity index (χ0v) is 21.5. The average molecular weight is 511 g/mol. The lowest BCUT2D eigenvalue weighted by Crippen LogP contribution is -2.48. The van der Waals surface area contributed by atoms with Crippen LogP contribution in [0.3, 0.4) is 0 Å². The maximum Gasteiger partial charge on any atom is 0.414 e. The van der Waals surface area contributed by atoms with Crippen LogP contribution in [0.2, 0.25) is 0 Å². The lowest BCUT2D eigenvalue weighted by Gasteiger charge is -2.35. The van der Waals surface area contributed by atoms with Crippen LogP contribution in [-0.2, 0) is 20.8 Å². The van der Waals surface area contributed by atoms with E-state index in [1.807, 2.05) is 54.6 Å². The van der Waals surface area contributed by atoms with Crippen molar-refractivity contribution in [1.82, 2.24) is 10.2 Å². The fraction of sp³-hybridized carbons (Fsp3) is 0.444. The molecule has 2 aromatic rings. The summed E-state index contributed by atoms with van der Waals surface area (Å²) in [5.74, 6) is 0. The number of alkyl carbamates (subject to hydrolysis) is 1. The van der Waals surface area contributed by atoms with E-state index >= 15 is 0 Å². The first-order chi connectivity index (χ1) is 17.7. The van der Waals surface area contributed by atoms with Gasteiger partial charge >= 0.3 is 18.3 Å². The Hall–Kier alpha value is -3.95. The van der Waals surface area contributed by atoms with Crippen LogP contribution in [0.25, 0.3) is 0 Å². The molecule has 2 fully saturated rings. The molecule has 10 heteroatoms. The highest BCUT2D eigenvalue weighted by Crippen LogP contribution is 2.25. The zero-order chi connectivity index (χ0) is 26.4. The normalized spacial score (nSPS) is 17.9. The third-order valence-electron chi connectivity index (χ3n) is 6.02. The number of carbonyl (C=O) groups is 3. The molecule has 0 spiro atoms. The van der Waals surface area contributed by atoms with E-state index in [-0.39, 0.29) is 19.2 Å². The number of nitrogens with zero attached hydrogens (tertiary/aromatic N) is 3. The van der Waals surface area contributed by atoms with Crippen LogP contribution in [0.15, 0.2) is 54.6 Å². The number of amides is 3. The number of benzene rings is 2. The summed E-state index contributed by atoms with van der Waals surface area (Å²) in [6.07, 6.45) is -1.76. The molecule has 2 heterocycles. The summed E-state index contributed by atoms with van der Waals surface area (Å²) in [7, 11) is 0. The van der Waals surface area contributed by atoms with Gasteiger partial charge in [0.15, 0.2) is 0 Å². The van der Waals surface area contributed by atoms with Crippen LogP contribution in [0, 0.1) is 0 Å². The highest BCUT2D eigenvalue weighted by atomic mass is 16.6. The van der Waals surface area contributed by atoms with Crippen molar-refractivity contribution in [2.45, 2.75) is 39.1 Å². The van der Waals surface area contributed by atoms with E-state index in [1.54, 1.807) is 30.6 Å². The third kappa shape index (κ3) is 7.28. The molecule has 1 atom stereocenters. The standard InChI is InChI=1S/C27H34N4O6/c1-27(2,3)37-24(32)28-17-23-18-31(26(34)36-23)22-11-9-21(10-12-22)29-13-15-30(16-14-29)25(33)35-19-20-7-5-4-6-8-20/h4-12,23H,13-19H2,1-3H3,(H,28,32). The van der Waals surface area contributed by atoms with Gasteiger partial charge in [0.2, 0.25) is 0 Å². The molecule has 37 heavy (non-hydrogen) atoms. The van der Waals surface area contributed by atoms with Crippen LogP contribution in [-0.4, -0.2) is 74.2 Å². The molecular weight excluding hydrogens is 476 g/mol. The van der Waals surface area contributed by atoms with Crippen LogP contribution >= 0.6 is 0 Å². The second-order valence-electron chi connectivity index (χ2n) is 10.0. The van der Waals surface area contributed by atoms with Crippen molar-refractivity contribution in [1.29, 1.82) is 0 Å². The SMILES string of the molecule is CC(C)(C)OC(=O)NCC1CN(c2ccc(N3CCN(C(=O)OCc4ccccc4)CC3)cc2)C(=O)O1. The molecule has 1 unspecified atom stereocenters. The number of cyclic esters (lactones) is 1. The Morgan fingerprint density at radius 1 is 0.973 bits per heavy atom. The Bertz CT molecular complexity index is 1080. The van der Waals surface area contributed by atoms with Crippen LogP contribution in [0.1, 0.15) is 26.3 Å². The summed E-state index contributed by atoms with van der Waals surface area (Å²) in [5, 5.41) is 2.64. The molecule has 3 amide bonds. The van der Waals surface area contributed by atoms with Crippen molar-refractivity contribution < 1.29 is 28.6 Å². The molecule has 198 valence electrons. The van der Waals surface area contributed by atoms with Gasteiger partial charge < -0.3 is 29.3 Å². The van der Waals surface area contributed by atoms with E-state index in [0.717, 1.165) is 16.9 Å². The highest BCUT2D eigenvalue weighted by molar-refractivity contribution is 5.90. The molecule has 0 radical (unpaired) electrons. The molecule has 2 saturated heterocycles. The Kier molecular flexibility index (Phi) is 8.05. The Balaban J connectivity index is 1.23. The van der Waals surface area contributed by atoms with E-state index in [2.05, 4.69) is 10.2 Å². The van der Waals surface area contributed by atoms with Gasteiger partial charge in [-0.25, -0.2) is 14.4 Å². The van der Waals surface area contributed by atoms with Crippen LogP contribution in [0.4, 0.5) is 25.8 Å². The van der Waals surface area contributed by atoms with E-state index in [0.29, 0.717) is 32.7 Å². The van der Waals surface area contributed by atoms with Gasteiger partial charge in [0.25, 0.3) is 0 Å². The molecule has 0 aliphatic carbocycles. The first-order valence-corrected chi connectivity index (χ1v) is 12.4. The predicted molar refractivity (Wildman–Crippen MR) is 139 cm³/mol. The van der Waals surface area contributed by atoms with E-state index in [1.165, 1.54) is 0 Å². The fourth-order valence-electron chi connectivity index (χ4n) is 4.15. The number of hydrogen-bond acceptors (Lipinski definition) is 7. The average Bonchev–Trinajstić information content (AvgIpc) is 3.26. The number of rotatable bonds is 6. The first-order valence-electron chi connectivity index (χ1n) is 12.4. The Labute approximate surface area is 217 Å². The quantitative estimate of drug-likeness (QED) is 0.587. The largest absolute Gasteiger partial charge is 0.445 e. The summed E-state index contributed by atoms with van der Waals surface area (Å²) in [6.45, 7) is 8.63. The third-order valence-corrected chi connectivity index (χ3v) is 6.02.